The Labute approximate surface area is 85.0 Å². The van der Waals surface area contributed by atoms with E-state index in [1.807, 2.05) is 6.08 Å². The van der Waals surface area contributed by atoms with Crippen molar-refractivity contribution in [2.75, 3.05) is 0 Å². The van der Waals surface area contributed by atoms with Crippen LogP contribution < -0.4 is 0 Å². The first-order valence-corrected chi connectivity index (χ1v) is 4.80. The monoisotopic (exact) mass is 186 g/mol. The molecule has 0 aliphatic heterocycles. The molecule has 2 heteroatoms. The molecule has 72 valence electrons. The molecular weight excluding hydrogens is 172 g/mol. The second-order valence-electron chi connectivity index (χ2n) is 3.39. The second kappa shape index (κ2) is 5.21. The highest BCUT2D eigenvalue weighted by atomic mass is 14.7. The molecule has 0 aromatic rings. The predicted molar refractivity (Wildman–Crippen MR) is 58.1 cm³/mol. The molecule has 1 N–H and O–H groups in total. The third-order valence-electron chi connectivity index (χ3n) is 2.56. The lowest BCUT2D eigenvalue weighted by atomic mass is 9.83. The van der Waals surface area contributed by atoms with Crippen LogP contribution in [0.5, 0.6) is 0 Å². The molecule has 1 saturated carbocycles. The van der Waals surface area contributed by atoms with Crippen molar-refractivity contribution in [3.05, 3.63) is 41.1 Å². The van der Waals surface area contributed by atoms with Crippen LogP contribution in [0.2, 0.25) is 0 Å². The molecule has 0 bridgehead atoms. The lowest BCUT2D eigenvalue weighted by Gasteiger charge is -2.22. The molecule has 0 spiro atoms. The van der Waals surface area contributed by atoms with Gasteiger partial charge in [-0.05, 0) is 24.8 Å². The average molecular weight is 186 g/mol. The minimum Gasteiger partial charge on any atom is -0.320 e. The van der Waals surface area contributed by atoms with Crippen LogP contribution in [0.25, 0.3) is 4.85 Å². The molecule has 0 radical (unpaired) electrons. The van der Waals surface area contributed by atoms with Crippen molar-refractivity contribution in [3.63, 3.8) is 0 Å². The summed E-state index contributed by atoms with van der Waals surface area (Å²) in [5, 5.41) is 7.17. The van der Waals surface area contributed by atoms with Gasteiger partial charge in [0.05, 0.1) is 6.57 Å². The normalized spacial score (nSPS) is 24.4. The van der Waals surface area contributed by atoms with E-state index in [4.69, 9.17) is 12.0 Å². The molecule has 1 aliphatic carbocycles. The molecule has 14 heavy (non-hydrogen) atoms. The largest absolute Gasteiger partial charge is 0.320 e. The maximum Gasteiger partial charge on any atom is 0.204 e. The van der Waals surface area contributed by atoms with E-state index in [0.717, 1.165) is 31.1 Å². The van der Waals surface area contributed by atoms with E-state index in [1.165, 1.54) is 6.42 Å². The van der Waals surface area contributed by atoms with E-state index in [1.54, 1.807) is 0 Å². The number of nitrogens with zero attached hydrogens (tertiary/aromatic N) is 1. The smallest absolute Gasteiger partial charge is 0.204 e. The van der Waals surface area contributed by atoms with Crippen molar-refractivity contribution in [1.29, 1.82) is 5.41 Å². The van der Waals surface area contributed by atoms with E-state index in [-0.39, 0.29) is 5.92 Å². The topological polar surface area (TPSA) is 28.2 Å². The lowest BCUT2D eigenvalue weighted by molar-refractivity contribution is 0.518. The van der Waals surface area contributed by atoms with Crippen LogP contribution in [-0.2, 0) is 0 Å². The molecule has 0 aromatic heterocycles. The van der Waals surface area contributed by atoms with Gasteiger partial charge in [0.2, 0.25) is 5.70 Å². The van der Waals surface area contributed by atoms with Crippen LogP contribution >= 0.6 is 0 Å². The Morgan fingerprint density at radius 2 is 2.43 bits per heavy atom. The van der Waals surface area contributed by atoms with Gasteiger partial charge in [-0.1, -0.05) is 25.0 Å². The highest BCUT2D eigenvalue weighted by molar-refractivity contribution is 5.79. The standard InChI is InChI=1S/C12H14N2/c1-3-6-10-7-4-5-8-11(10)12(9-13)14-2/h6,9-10,13H,1,4-5,7-8H2/b12-11+,13-9?. The Hall–Kier alpha value is -1.58. The minimum atomic E-state index is 0.284. The first-order chi connectivity index (χ1) is 6.83. The Morgan fingerprint density at radius 3 is 3.00 bits per heavy atom. The van der Waals surface area contributed by atoms with Gasteiger partial charge in [0.1, 0.15) is 0 Å². The number of allylic oxidation sites excluding steroid dienone is 3. The molecule has 0 aromatic carbocycles. The summed E-state index contributed by atoms with van der Waals surface area (Å²) in [5.74, 6) is 0.284. The Kier molecular flexibility index (Phi) is 3.91. The van der Waals surface area contributed by atoms with Crippen LogP contribution in [0.1, 0.15) is 25.7 Å². The molecule has 0 saturated heterocycles. The van der Waals surface area contributed by atoms with Crippen LogP contribution in [0.3, 0.4) is 0 Å². The third-order valence-corrected chi connectivity index (χ3v) is 2.56. The van der Waals surface area contributed by atoms with Crippen LogP contribution in [0, 0.1) is 17.9 Å². The summed E-state index contributed by atoms with van der Waals surface area (Å²) in [6.07, 6.45) is 7.40. The molecule has 1 unspecified atom stereocenters. The van der Waals surface area contributed by atoms with Crippen molar-refractivity contribution in [2.45, 2.75) is 25.7 Å². The summed E-state index contributed by atoms with van der Waals surface area (Å²) in [5.41, 5.74) is 4.38. The molecule has 1 aliphatic rings. The SMILES string of the molecule is [C-]#[N+]/C(C=N)=C1\CCCCC1C=C=C. The fourth-order valence-corrected chi connectivity index (χ4v) is 1.88. The molecule has 1 atom stereocenters. The fraction of sp³-hybridized carbons (Fsp3) is 0.417. The van der Waals surface area contributed by atoms with Crippen LogP contribution in [0.4, 0.5) is 0 Å². The van der Waals surface area contributed by atoms with Crippen LogP contribution in [0.15, 0.2) is 29.7 Å². The maximum absolute atomic E-state index is 7.17. The average Bonchev–Trinajstić information content (AvgIpc) is 2.23. The minimum absolute atomic E-state index is 0.284. The molecule has 1 fully saturated rings. The number of rotatable bonds is 2. The Bertz CT molecular complexity index is 338. The number of hydrogen-bond donors (Lipinski definition) is 1. The highest BCUT2D eigenvalue weighted by Crippen LogP contribution is 2.32. The van der Waals surface area contributed by atoms with Gasteiger partial charge in [-0.2, -0.15) is 0 Å². The zero-order chi connectivity index (χ0) is 10.4. The zero-order valence-electron chi connectivity index (χ0n) is 8.21. The van der Waals surface area contributed by atoms with Crippen LogP contribution in [-0.4, -0.2) is 6.21 Å². The summed E-state index contributed by atoms with van der Waals surface area (Å²) < 4.78 is 0. The summed E-state index contributed by atoms with van der Waals surface area (Å²) >= 11 is 0. The van der Waals surface area contributed by atoms with Gasteiger partial charge in [-0.25, -0.2) is 4.85 Å². The summed E-state index contributed by atoms with van der Waals surface area (Å²) in [6.45, 7) is 10.5. The predicted octanol–water partition coefficient (Wildman–Crippen LogP) is 3.34. The molecule has 0 amide bonds. The summed E-state index contributed by atoms with van der Waals surface area (Å²) in [4.78, 5) is 3.38. The lowest BCUT2D eigenvalue weighted by Crippen LogP contribution is -2.09. The quantitative estimate of drug-likeness (QED) is 0.389. The van der Waals surface area contributed by atoms with E-state index in [9.17, 15) is 0 Å². The van der Waals surface area contributed by atoms with E-state index in [2.05, 4.69) is 17.2 Å². The number of nitrogens with one attached hydrogen (secondary N) is 1. The molecular formula is C12H14N2. The first-order valence-electron chi connectivity index (χ1n) is 4.80. The highest BCUT2D eigenvalue weighted by Gasteiger charge is 2.19. The van der Waals surface area contributed by atoms with Crippen molar-refractivity contribution < 1.29 is 0 Å². The Balaban J connectivity index is 3.03. The van der Waals surface area contributed by atoms with E-state index < -0.39 is 0 Å². The van der Waals surface area contributed by atoms with Crippen molar-refractivity contribution in [3.8, 4) is 0 Å². The molecule has 0 heterocycles. The van der Waals surface area contributed by atoms with Gasteiger partial charge in [0.15, 0.2) is 0 Å². The van der Waals surface area contributed by atoms with E-state index >= 15 is 0 Å². The third kappa shape index (κ3) is 2.22. The van der Waals surface area contributed by atoms with Gasteiger partial charge >= 0.3 is 0 Å². The fourth-order valence-electron chi connectivity index (χ4n) is 1.88. The summed E-state index contributed by atoms with van der Waals surface area (Å²) in [6, 6.07) is 0. The van der Waals surface area contributed by atoms with Crippen molar-refractivity contribution in [2.24, 2.45) is 5.92 Å². The summed E-state index contributed by atoms with van der Waals surface area (Å²) in [7, 11) is 0. The van der Waals surface area contributed by atoms with Gasteiger partial charge < -0.3 is 5.41 Å². The Morgan fingerprint density at radius 1 is 1.64 bits per heavy atom. The number of hydrogen-bond acceptors (Lipinski definition) is 1. The van der Waals surface area contributed by atoms with Crippen molar-refractivity contribution in [1.82, 2.24) is 0 Å². The second-order valence-corrected chi connectivity index (χ2v) is 3.39. The molecule has 1 rings (SSSR count). The van der Waals surface area contributed by atoms with Gasteiger partial charge in [0.25, 0.3) is 0 Å². The molecule has 2 nitrogen and oxygen atoms in total. The maximum atomic E-state index is 7.17. The van der Waals surface area contributed by atoms with Gasteiger partial charge in [0, 0.05) is 6.21 Å². The van der Waals surface area contributed by atoms with Gasteiger partial charge in [-0.15, -0.1) is 5.73 Å². The van der Waals surface area contributed by atoms with E-state index in [0.29, 0.717) is 5.70 Å². The van der Waals surface area contributed by atoms with Gasteiger partial charge in [-0.3, -0.25) is 0 Å². The van der Waals surface area contributed by atoms with Crippen molar-refractivity contribution >= 4 is 6.21 Å². The zero-order valence-corrected chi connectivity index (χ0v) is 8.21. The first kappa shape index (κ1) is 10.5.